The maximum Gasteiger partial charge on any atom is 0.317 e. The summed E-state index contributed by atoms with van der Waals surface area (Å²) >= 11 is 0. The number of carbonyl (C=O) groups is 1. The standard InChI is InChI=1S/C20H24N2O2/c1-4-13-24-19-11-9-18(10-12-19)15-22(3)20(23)21-14-17-7-5-16(2)6-8-17/h4-12H,1,13-15H2,2-3H3,(H,21,23). The van der Waals surface area contributed by atoms with Gasteiger partial charge < -0.3 is 15.0 Å². The van der Waals surface area contributed by atoms with E-state index in [4.69, 9.17) is 4.74 Å². The topological polar surface area (TPSA) is 41.6 Å². The summed E-state index contributed by atoms with van der Waals surface area (Å²) < 4.78 is 5.45. The molecule has 24 heavy (non-hydrogen) atoms. The molecule has 0 aromatic heterocycles. The summed E-state index contributed by atoms with van der Waals surface area (Å²) in [5.41, 5.74) is 3.35. The summed E-state index contributed by atoms with van der Waals surface area (Å²) in [6.07, 6.45) is 1.71. The van der Waals surface area contributed by atoms with E-state index in [1.54, 1.807) is 18.0 Å². The van der Waals surface area contributed by atoms with Gasteiger partial charge >= 0.3 is 6.03 Å². The number of aryl methyl sites for hydroxylation is 1. The highest BCUT2D eigenvalue weighted by Gasteiger charge is 2.08. The predicted octanol–water partition coefficient (Wildman–Crippen LogP) is 3.90. The molecule has 126 valence electrons. The van der Waals surface area contributed by atoms with Crippen LogP contribution in [-0.2, 0) is 13.1 Å². The first-order chi connectivity index (χ1) is 11.6. The SMILES string of the molecule is C=CCOc1ccc(CN(C)C(=O)NCc2ccc(C)cc2)cc1. The fourth-order valence-corrected chi connectivity index (χ4v) is 2.21. The Hall–Kier alpha value is -2.75. The number of hydrogen-bond donors (Lipinski definition) is 1. The van der Waals surface area contributed by atoms with E-state index in [0.29, 0.717) is 19.7 Å². The van der Waals surface area contributed by atoms with Crippen molar-refractivity contribution in [3.63, 3.8) is 0 Å². The van der Waals surface area contributed by atoms with Gasteiger partial charge in [0.25, 0.3) is 0 Å². The van der Waals surface area contributed by atoms with Gasteiger partial charge in [-0.1, -0.05) is 54.6 Å². The molecule has 2 aromatic carbocycles. The largest absolute Gasteiger partial charge is 0.490 e. The lowest BCUT2D eigenvalue weighted by Gasteiger charge is -2.18. The monoisotopic (exact) mass is 324 g/mol. The number of rotatable bonds is 7. The Morgan fingerprint density at radius 3 is 2.38 bits per heavy atom. The zero-order valence-corrected chi connectivity index (χ0v) is 14.3. The molecular formula is C20H24N2O2. The Kier molecular flexibility index (Phi) is 6.43. The van der Waals surface area contributed by atoms with E-state index in [-0.39, 0.29) is 6.03 Å². The third-order valence-corrected chi connectivity index (χ3v) is 3.62. The molecule has 0 bridgehead atoms. The van der Waals surface area contributed by atoms with Crippen molar-refractivity contribution in [3.8, 4) is 5.75 Å². The van der Waals surface area contributed by atoms with Gasteiger partial charge in [-0.05, 0) is 30.2 Å². The minimum Gasteiger partial charge on any atom is -0.490 e. The fourth-order valence-electron chi connectivity index (χ4n) is 2.21. The molecule has 1 N–H and O–H groups in total. The third kappa shape index (κ3) is 5.47. The molecule has 0 saturated heterocycles. The van der Waals surface area contributed by atoms with Crippen LogP contribution in [0.1, 0.15) is 16.7 Å². The summed E-state index contributed by atoms with van der Waals surface area (Å²) in [7, 11) is 1.78. The smallest absolute Gasteiger partial charge is 0.317 e. The first kappa shape index (κ1) is 17.6. The molecule has 0 heterocycles. The van der Waals surface area contributed by atoms with Gasteiger partial charge in [-0.25, -0.2) is 4.79 Å². The van der Waals surface area contributed by atoms with Crippen LogP contribution in [0.15, 0.2) is 61.2 Å². The van der Waals surface area contributed by atoms with Crippen LogP contribution in [-0.4, -0.2) is 24.6 Å². The summed E-state index contributed by atoms with van der Waals surface area (Å²) in [4.78, 5) is 13.8. The summed E-state index contributed by atoms with van der Waals surface area (Å²) in [6.45, 7) is 7.22. The van der Waals surface area contributed by atoms with Gasteiger partial charge in [-0.2, -0.15) is 0 Å². The molecular weight excluding hydrogens is 300 g/mol. The number of amides is 2. The van der Waals surface area contributed by atoms with E-state index in [1.807, 2.05) is 55.5 Å². The maximum atomic E-state index is 12.2. The van der Waals surface area contributed by atoms with Crippen LogP contribution in [0.2, 0.25) is 0 Å². The van der Waals surface area contributed by atoms with Crippen LogP contribution in [0.3, 0.4) is 0 Å². The summed E-state index contributed by atoms with van der Waals surface area (Å²) in [5.74, 6) is 0.796. The van der Waals surface area contributed by atoms with Gasteiger partial charge in [0, 0.05) is 20.1 Å². The van der Waals surface area contributed by atoms with Crippen molar-refractivity contribution in [2.45, 2.75) is 20.0 Å². The number of hydrogen-bond acceptors (Lipinski definition) is 2. The molecule has 0 fully saturated rings. The van der Waals surface area contributed by atoms with Crippen LogP contribution >= 0.6 is 0 Å². The molecule has 2 aromatic rings. The maximum absolute atomic E-state index is 12.2. The first-order valence-corrected chi connectivity index (χ1v) is 7.95. The molecule has 0 spiro atoms. The molecule has 0 saturated carbocycles. The highest BCUT2D eigenvalue weighted by molar-refractivity contribution is 5.73. The Labute approximate surface area is 143 Å². The Morgan fingerprint density at radius 2 is 1.75 bits per heavy atom. The van der Waals surface area contributed by atoms with Crippen molar-refractivity contribution in [3.05, 3.63) is 77.9 Å². The number of ether oxygens (including phenoxy) is 1. The van der Waals surface area contributed by atoms with Crippen molar-refractivity contribution >= 4 is 6.03 Å². The van der Waals surface area contributed by atoms with Crippen LogP contribution in [0, 0.1) is 6.92 Å². The van der Waals surface area contributed by atoms with Crippen molar-refractivity contribution in [1.29, 1.82) is 0 Å². The van der Waals surface area contributed by atoms with Gasteiger partial charge in [0.1, 0.15) is 12.4 Å². The van der Waals surface area contributed by atoms with E-state index in [1.165, 1.54) is 5.56 Å². The van der Waals surface area contributed by atoms with Crippen LogP contribution < -0.4 is 10.1 Å². The van der Waals surface area contributed by atoms with E-state index in [2.05, 4.69) is 11.9 Å². The minimum absolute atomic E-state index is 0.0949. The molecule has 4 heteroatoms. The van der Waals surface area contributed by atoms with Crippen LogP contribution in [0.5, 0.6) is 5.75 Å². The van der Waals surface area contributed by atoms with Gasteiger partial charge in [0.15, 0.2) is 0 Å². The van der Waals surface area contributed by atoms with Crippen molar-refractivity contribution in [1.82, 2.24) is 10.2 Å². The molecule has 0 radical (unpaired) electrons. The minimum atomic E-state index is -0.0949. The second-order valence-electron chi connectivity index (χ2n) is 5.74. The molecule has 0 atom stereocenters. The third-order valence-electron chi connectivity index (χ3n) is 3.62. The van der Waals surface area contributed by atoms with E-state index in [0.717, 1.165) is 16.9 Å². The lowest BCUT2D eigenvalue weighted by molar-refractivity contribution is 0.206. The van der Waals surface area contributed by atoms with Crippen molar-refractivity contribution < 1.29 is 9.53 Å². The van der Waals surface area contributed by atoms with Crippen molar-refractivity contribution in [2.24, 2.45) is 0 Å². The van der Waals surface area contributed by atoms with Gasteiger partial charge in [0.05, 0.1) is 0 Å². The highest BCUT2D eigenvalue weighted by atomic mass is 16.5. The van der Waals surface area contributed by atoms with E-state index in [9.17, 15) is 4.79 Å². The molecule has 0 unspecified atom stereocenters. The lowest BCUT2D eigenvalue weighted by atomic mass is 10.1. The van der Waals surface area contributed by atoms with E-state index < -0.39 is 0 Å². The quantitative estimate of drug-likeness (QED) is 0.785. The van der Waals surface area contributed by atoms with Gasteiger partial charge in [-0.15, -0.1) is 0 Å². The Bertz CT molecular complexity index is 663. The molecule has 2 amide bonds. The first-order valence-electron chi connectivity index (χ1n) is 7.95. The number of carbonyl (C=O) groups excluding carboxylic acids is 1. The van der Waals surface area contributed by atoms with Crippen LogP contribution in [0.25, 0.3) is 0 Å². The molecule has 0 aliphatic rings. The second kappa shape index (κ2) is 8.77. The second-order valence-corrected chi connectivity index (χ2v) is 5.74. The molecule has 0 aliphatic heterocycles. The average Bonchev–Trinajstić information content (AvgIpc) is 2.60. The summed E-state index contributed by atoms with van der Waals surface area (Å²) in [6, 6.07) is 15.8. The van der Waals surface area contributed by atoms with Gasteiger partial charge in [-0.3, -0.25) is 0 Å². The number of nitrogens with zero attached hydrogens (tertiary/aromatic N) is 1. The number of urea groups is 1. The zero-order valence-electron chi connectivity index (χ0n) is 14.3. The zero-order chi connectivity index (χ0) is 17.4. The highest BCUT2D eigenvalue weighted by Crippen LogP contribution is 2.13. The number of benzene rings is 2. The Morgan fingerprint density at radius 1 is 1.12 bits per heavy atom. The lowest BCUT2D eigenvalue weighted by Crippen LogP contribution is -2.36. The summed E-state index contributed by atoms with van der Waals surface area (Å²) in [5, 5.41) is 2.93. The van der Waals surface area contributed by atoms with Gasteiger partial charge in [0.2, 0.25) is 0 Å². The molecule has 2 rings (SSSR count). The van der Waals surface area contributed by atoms with E-state index >= 15 is 0 Å². The Balaban J connectivity index is 1.82. The van der Waals surface area contributed by atoms with Crippen LogP contribution in [0.4, 0.5) is 4.79 Å². The van der Waals surface area contributed by atoms with Crippen molar-refractivity contribution in [2.75, 3.05) is 13.7 Å². The predicted molar refractivity (Wildman–Crippen MR) is 97.0 cm³/mol. The number of nitrogens with one attached hydrogen (secondary N) is 1. The molecule has 4 nitrogen and oxygen atoms in total. The normalized spacial score (nSPS) is 10.1. The average molecular weight is 324 g/mol. The molecule has 0 aliphatic carbocycles. The fraction of sp³-hybridized carbons (Fsp3) is 0.250.